The molecule has 1 amide bonds. The highest BCUT2D eigenvalue weighted by Crippen LogP contribution is 2.18. The zero-order valence-corrected chi connectivity index (χ0v) is 14.2. The Morgan fingerprint density at radius 3 is 2.68 bits per heavy atom. The molecule has 1 aliphatic rings. The van der Waals surface area contributed by atoms with Crippen LogP contribution in [0.1, 0.15) is 16.8 Å². The number of para-hydroxylation sites is 1. The molecule has 1 aliphatic heterocycles. The number of benzene rings is 1. The van der Waals surface area contributed by atoms with Crippen molar-refractivity contribution in [2.75, 3.05) is 39.4 Å². The smallest absolute Gasteiger partial charge is 0.252 e. The number of aromatic nitrogens is 1. The average molecular weight is 341 g/mol. The second-order valence-electron chi connectivity index (χ2n) is 5.86. The number of morpholine rings is 1. The highest BCUT2D eigenvalue weighted by Gasteiger charge is 2.10. The topological polar surface area (TPSA) is 63.7 Å². The van der Waals surface area contributed by atoms with E-state index in [-0.39, 0.29) is 5.91 Å². The van der Waals surface area contributed by atoms with E-state index in [0.29, 0.717) is 18.0 Å². The molecule has 1 aromatic heterocycles. The predicted molar refractivity (Wildman–Crippen MR) is 95.0 cm³/mol. The molecular formula is C19H23N3O3. The molecule has 1 aromatic carbocycles. The fraction of sp³-hybridized carbons (Fsp3) is 0.368. The van der Waals surface area contributed by atoms with Crippen LogP contribution in [0.2, 0.25) is 0 Å². The van der Waals surface area contributed by atoms with Crippen LogP contribution < -0.4 is 10.1 Å². The van der Waals surface area contributed by atoms with Gasteiger partial charge >= 0.3 is 0 Å². The van der Waals surface area contributed by atoms with E-state index < -0.39 is 0 Å². The van der Waals surface area contributed by atoms with Gasteiger partial charge in [-0.3, -0.25) is 9.69 Å². The van der Waals surface area contributed by atoms with Crippen LogP contribution in [-0.2, 0) is 4.74 Å². The molecule has 1 saturated heterocycles. The molecule has 0 spiro atoms. The minimum absolute atomic E-state index is 0.110. The number of amides is 1. The highest BCUT2D eigenvalue weighted by atomic mass is 16.5. The van der Waals surface area contributed by atoms with Crippen molar-refractivity contribution in [2.45, 2.75) is 6.42 Å². The van der Waals surface area contributed by atoms with Crippen LogP contribution in [0.4, 0.5) is 0 Å². The first-order valence-corrected chi connectivity index (χ1v) is 8.58. The lowest BCUT2D eigenvalue weighted by molar-refractivity contribution is 0.0374. The maximum absolute atomic E-state index is 12.1. The molecule has 0 radical (unpaired) electrons. The third-order valence-corrected chi connectivity index (χ3v) is 4.00. The van der Waals surface area contributed by atoms with Crippen molar-refractivity contribution in [2.24, 2.45) is 0 Å². The van der Waals surface area contributed by atoms with E-state index >= 15 is 0 Å². The van der Waals surface area contributed by atoms with Gasteiger partial charge in [0.05, 0.1) is 18.8 Å². The van der Waals surface area contributed by atoms with Gasteiger partial charge in [-0.25, -0.2) is 4.98 Å². The maximum Gasteiger partial charge on any atom is 0.252 e. The SMILES string of the molecule is O=C(NCCCN1CCOCC1)c1ccc(Oc2ccccc2)nc1. The first-order valence-electron chi connectivity index (χ1n) is 8.58. The maximum atomic E-state index is 12.1. The molecule has 0 bridgehead atoms. The Morgan fingerprint density at radius 2 is 1.96 bits per heavy atom. The highest BCUT2D eigenvalue weighted by molar-refractivity contribution is 5.93. The number of nitrogens with zero attached hydrogens (tertiary/aromatic N) is 2. The molecule has 3 rings (SSSR count). The lowest BCUT2D eigenvalue weighted by Crippen LogP contribution is -2.38. The summed E-state index contributed by atoms with van der Waals surface area (Å²) >= 11 is 0. The Labute approximate surface area is 147 Å². The van der Waals surface area contributed by atoms with Gasteiger partial charge in [0, 0.05) is 31.9 Å². The third-order valence-electron chi connectivity index (χ3n) is 4.00. The minimum atomic E-state index is -0.110. The summed E-state index contributed by atoms with van der Waals surface area (Å²) in [5, 5.41) is 2.93. The fourth-order valence-corrected chi connectivity index (χ4v) is 2.62. The normalized spacial score (nSPS) is 14.9. The second kappa shape index (κ2) is 9.15. The molecule has 1 N–H and O–H groups in total. The summed E-state index contributed by atoms with van der Waals surface area (Å²) in [6.07, 6.45) is 2.46. The molecule has 6 heteroatoms. The number of ether oxygens (including phenoxy) is 2. The summed E-state index contributed by atoms with van der Waals surface area (Å²) in [4.78, 5) is 18.7. The molecule has 2 heterocycles. The number of hydrogen-bond donors (Lipinski definition) is 1. The predicted octanol–water partition coefficient (Wildman–Crippen LogP) is 2.33. The van der Waals surface area contributed by atoms with Crippen LogP contribution in [0.25, 0.3) is 0 Å². The van der Waals surface area contributed by atoms with Crippen molar-refractivity contribution in [3.8, 4) is 11.6 Å². The average Bonchev–Trinajstić information content (AvgIpc) is 2.67. The van der Waals surface area contributed by atoms with Gasteiger partial charge in [0.25, 0.3) is 5.91 Å². The van der Waals surface area contributed by atoms with Crippen LogP contribution in [-0.4, -0.2) is 55.2 Å². The Morgan fingerprint density at radius 1 is 1.16 bits per heavy atom. The summed E-state index contributed by atoms with van der Waals surface area (Å²) in [6.45, 7) is 5.18. The van der Waals surface area contributed by atoms with E-state index in [1.54, 1.807) is 12.1 Å². The van der Waals surface area contributed by atoms with Gasteiger partial charge < -0.3 is 14.8 Å². The molecule has 0 atom stereocenters. The van der Waals surface area contributed by atoms with E-state index in [1.165, 1.54) is 6.20 Å². The van der Waals surface area contributed by atoms with Crippen LogP contribution in [0.15, 0.2) is 48.7 Å². The van der Waals surface area contributed by atoms with Crippen molar-refractivity contribution in [3.63, 3.8) is 0 Å². The quantitative estimate of drug-likeness (QED) is 0.783. The molecular weight excluding hydrogens is 318 g/mol. The fourth-order valence-electron chi connectivity index (χ4n) is 2.62. The van der Waals surface area contributed by atoms with Crippen LogP contribution >= 0.6 is 0 Å². The molecule has 132 valence electrons. The van der Waals surface area contributed by atoms with Crippen LogP contribution in [0.5, 0.6) is 11.6 Å². The molecule has 0 unspecified atom stereocenters. The van der Waals surface area contributed by atoms with Gasteiger partial charge in [-0.2, -0.15) is 0 Å². The number of hydrogen-bond acceptors (Lipinski definition) is 5. The van der Waals surface area contributed by atoms with Crippen molar-refractivity contribution >= 4 is 5.91 Å². The lowest BCUT2D eigenvalue weighted by Gasteiger charge is -2.26. The van der Waals surface area contributed by atoms with Crippen LogP contribution in [0.3, 0.4) is 0 Å². The number of pyridine rings is 1. The van der Waals surface area contributed by atoms with Crippen molar-refractivity contribution in [3.05, 3.63) is 54.2 Å². The standard InChI is InChI=1S/C19H23N3O3/c23-19(20-9-4-10-22-11-13-24-14-12-22)16-7-8-18(21-15-16)25-17-5-2-1-3-6-17/h1-3,5-8,15H,4,9-14H2,(H,20,23). The van der Waals surface area contributed by atoms with Gasteiger partial charge in [-0.1, -0.05) is 18.2 Å². The number of rotatable bonds is 7. The molecule has 6 nitrogen and oxygen atoms in total. The Bertz CT molecular complexity index is 655. The zero-order chi connectivity index (χ0) is 17.3. The van der Waals surface area contributed by atoms with E-state index in [9.17, 15) is 4.79 Å². The molecule has 0 saturated carbocycles. The number of nitrogens with one attached hydrogen (secondary N) is 1. The summed E-state index contributed by atoms with van der Waals surface area (Å²) in [7, 11) is 0. The molecule has 1 fully saturated rings. The monoisotopic (exact) mass is 341 g/mol. The summed E-state index contributed by atoms with van der Waals surface area (Å²) < 4.78 is 10.9. The lowest BCUT2D eigenvalue weighted by atomic mass is 10.2. The molecule has 25 heavy (non-hydrogen) atoms. The van der Waals surface area contributed by atoms with Crippen molar-refractivity contribution in [1.82, 2.24) is 15.2 Å². The van der Waals surface area contributed by atoms with Crippen molar-refractivity contribution < 1.29 is 14.3 Å². The summed E-state index contributed by atoms with van der Waals surface area (Å²) in [6, 6.07) is 12.9. The third kappa shape index (κ3) is 5.55. The van der Waals surface area contributed by atoms with E-state index in [2.05, 4.69) is 15.2 Å². The molecule has 0 aliphatic carbocycles. The van der Waals surface area contributed by atoms with E-state index in [0.717, 1.165) is 45.0 Å². The van der Waals surface area contributed by atoms with Gasteiger partial charge in [-0.05, 0) is 31.2 Å². The van der Waals surface area contributed by atoms with Gasteiger partial charge in [-0.15, -0.1) is 0 Å². The molecule has 2 aromatic rings. The first kappa shape index (κ1) is 17.4. The Kier molecular flexibility index (Phi) is 6.36. The van der Waals surface area contributed by atoms with Crippen LogP contribution in [0, 0.1) is 0 Å². The summed E-state index contributed by atoms with van der Waals surface area (Å²) in [5.41, 5.74) is 0.534. The first-order chi connectivity index (χ1) is 12.3. The van der Waals surface area contributed by atoms with Gasteiger partial charge in [0.15, 0.2) is 0 Å². The Hall–Kier alpha value is -2.44. The van der Waals surface area contributed by atoms with E-state index in [1.807, 2.05) is 30.3 Å². The largest absolute Gasteiger partial charge is 0.439 e. The summed E-state index contributed by atoms with van der Waals surface area (Å²) in [5.74, 6) is 1.08. The van der Waals surface area contributed by atoms with Gasteiger partial charge in [0.2, 0.25) is 5.88 Å². The van der Waals surface area contributed by atoms with E-state index in [4.69, 9.17) is 9.47 Å². The number of carbonyl (C=O) groups is 1. The zero-order valence-electron chi connectivity index (χ0n) is 14.2. The Balaban J connectivity index is 1.41. The van der Waals surface area contributed by atoms with Crippen molar-refractivity contribution in [1.29, 1.82) is 0 Å². The second-order valence-corrected chi connectivity index (χ2v) is 5.86. The number of carbonyl (C=O) groups excluding carboxylic acids is 1. The van der Waals surface area contributed by atoms with Gasteiger partial charge in [0.1, 0.15) is 5.75 Å². The minimum Gasteiger partial charge on any atom is -0.439 e.